The van der Waals surface area contributed by atoms with Gasteiger partial charge in [-0.25, -0.2) is 8.42 Å². The van der Waals surface area contributed by atoms with Crippen LogP contribution in [0.5, 0.6) is 0 Å². The number of nitrogens with zero attached hydrogens (tertiary/aromatic N) is 1. The number of thiocarbonyl (C=S) groups is 1. The van der Waals surface area contributed by atoms with Crippen molar-refractivity contribution in [2.24, 2.45) is 5.73 Å². The van der Waals surface area contributed by atoms with Crippen LogP contribution in [0.15, 0.2) is 16.3 Å². The van der Waals surface area contributed by atoms with Crippen molar-refractivity contribution in [1.29, 1.82) is 0 Å². The molecule has 2 heterocycles. The first-order valence-electron chi connectivity index (χ1n) is 5.76. The molecular weight excluding hydrogens is 304 g/mol. The molecule has 0 amide bonds. The molecule has 0 bridgehead atoms. The van der Waals surface area contributed by atoms with Crippen LogP contribution >= 0.6 is 23.6 Å². The molecule has 0 radical (unpaired) electrons. The lowest BCUT2D eigenvalue weighted by Gasteiger charge is -2.37. The summed E-state index contributed by atoms with van der Waals surface area (Å²) in [6, 6.07) is 3.20. The topological polar surface area (TPSA) is 72.6 Å². The van der Waals surface area contributed by atoms with Crippen molar-refractivity contribution in [2.75, 3.05) is 19.7 Å². The number of nitrogens with two attached hydrogens (primary N) is 1. The second-order valence-electron chi connectivity index (χ2n) is 4.93. The van der Waals surface area contributed by atoms with Gasteiger partial charge in [0.1, 0.15) is 9.20 Å². The van der Waals surface area contributed by atoms with E-state index in [0.717, 1.165) is 11.3 Å². The molecule has 0 saturated carbocycles. The van der Waals surface area contributed by atoms with Gasteiger partial charge in [0, 0.05) is 13.1 Å². The van der Waals surface area contributed by atoms with Crippen molar-refractivity contribution in [3.63, 3.8) is 0 Å². The first-order chi connectivity index (χ1) is 8.72. The lowest BCUT2D eigenvalue weighted by molar-refractivity contribution is -0.0639. The second kappa shape index (κ2) is 5.10. The maximum atomic E-state index is 12.5. The zero-order chi connectivity index (χ0) is 14.3. The summed E-state index contributed by atoms with van der Waals surface area (Å²) in [5.74, 6) is 0. The first kappa shape index (κ1) is 14.9. The molecule has 0 aliphatic carbocycles. The van der Waals surface area contributed by atoms with Crippen molar-refractivity contribution in [2.45, 2.75) is 23.7 Å². The van der Waals surface area contributed by atoms with Crippen LogP contribution in [0.1, 0.15) is 18.7 Å². The van der Waals surface area contributed by atoms with Crippen LogP contribution in [0.4, 0.5) is 0 Å². The minimum atomic E-state index is -3.49. The van der Waals surface area contributed by atoms with E-state index in [-0.39, 0.29) is 9.20 Å². The predicted octanol–water partition coefficient (Wildman–Crippen LogP) is 1.18. The van der Waals surface area contributed by atoms with Crippen molar-refractivity contribution in [1.82, 2.24) is 4.31 Å². The standard InChI is InChI=1S/C11H16N2O3S3/c1-11(2)7-13(5-6-16-11)19(14,15)9-4-3-8(18-9)10(12)17/h3-4H,5-7H2,1-2H3,(H2,12,17). The third kappa shape index (κ3) is 3.14. The molecule has 106 valence electrons. The molecule has 1 aromatic rings. The Morgan fingerprint density at radius 1 is 1.53 bits per heavy atom. The van der Waals surface area contributed by atoms with Gasteiger partial charge in [-0.05, 0) is 26.0 Å². The van der Waals surface area contributed by atoms with E-state index < -0.39 is 15.6 Å². The van der Waals surface area contributed by atoms with Gasteiger partial charge in [0.15, 0.2) is 0 Å². The summed E-state index contributed by atoms with van der Waals surface area (Å²) in [5, 5.41) is 0. The Morgan fingerprint density at radius 3 is 2.74 bits per heavy atom. The molecule has 0 atom stereocenters. The summed E-state index contributed by atoms with van der Waals surface area (Å²) in [7, 11) is -3.49. The van der Waals surface area contributed by atoms with Crippen LogP contribution in [-0.4, -0.2) is 43.0 Å². The number of sulfonamides is 1. The first-order valence-corrected chi connectivity index (χ1v) is 8.43. The van der Waals surface area contributed by atoms with E-state index in [4.69, 9.17) is 22.7 Å². The summed E-state index contributed by atoms with van der Waals surface area (Å²) >= 11 is 5.96. The van der Waals surface area contributed by atoms with E-state index in [9.17, 15) is 8.42 Å². The number of ether oxygens (including phenoxy) is 1. The van der Waals surface area contributed by atoms with Crippen LogP contribution in [0, 0.1) is 0 Å². The van der Waals surface area contributed by atoms with Crippen molar-refractivity contribution in [3.05, 3.63) is 17.0 Å². The fourth-order valence-corrected chi connectivity index (χ4v) is 4.98. The van der Waals surface area contributed by atoms with Gasteiger partial charge >= 0.3 is 0 Å². The maximum absolute atomic E-state index is 12.5. The van der Waals surface area contributed by atoms with Crippen molar-refractivity contribution >= 4 is 38.6 Å². The molecule has 1 saturated heterocycles. The average molecular weight is 320 g/mol. The summed E-state index contributed by atoms with van der Waals surface area (Å²) in [6.07, 6.45) is 0. The Balaban J connectivity index is 2.28. The minimum Gasteiger partial charge on any atom is -0.389 e. The monoisotopic (exact) mass is 320 g/mol. The van der Waals surface area contributed by atoms with Gasteiger partial charge in [-0.1, -0.05) is 12.2 Å². The van der Waals surface area contributed by atoms with Crippen LogP contribution in [0.3, 0.4) is 0 Å². The summed E-state index contributed by atoms with van der Waals surface area (Å²) in [4.78, 5) is 0.829. The molecular formula is C11H16N2O3S3. The summed E-state index contributed by atoms with van der Waals surface area (Å²) in [5.41, 5.74) is 5.04. The molecule has 19 heavy (non-hydrogen) atoms. The molecule has 1 aliphatic heterocycles. The average Bonchev–Trinajstić information content (AvgIpc) is 2.77. The van der Waals surface area contributed by atoms with E-state index in [2.05, 4.69) is 0 Å². The predicted molar refractivity (Wildman–Crippen MR) is 79.0 cm³/mol. The number of morpholine rings is 1. The van der Waals surface area contributed by atoms with Crippen LogP contribution < -0.4 is 5.73 Å². The molecule has 1 aromatic heterocycles. The molecule has 1 aliphatic rings. The van der Waals surface area contributed by atoms with Crippen LogP contribution in [0.25, 0.3) is 0 Å². The van der Waals surface area contributed by atoms with Crippen molar-refractivity contribution in [3.8, 4) is 0 Å². The molecule has 2 rings (SSSR count). The van der Waals surface area contributed by atoms with Gasteiger partial charge in [0.05, 0.1) is 17.1 Å². The highest BCUT2D eigenvalue weighted by molar-refractivity contribution is 7.91. The second-order valence-corrected chi connectivity index (χ2v) is 8.62. The van der Waals surface area contributed by atoms with Crippen molar-refractivity contribution < 1.29 is 13.2 Å². The van der Waals surface area contributed by atoms with Gasteiger partial charge in [-0.2, -0.15) is 4.31 Å². The Bertz CT molecular complexity index is 592. The molecule has 0 aromatic carbocycles. The fourth-order valence-electron chi connectivity index (χ4n) is 1.90. The number of thiophene rings is 1. The van der Waals surface area contributed by atoms with Crippen LogP contribution in [0.2, 0.25) is 0 Å². The van der Waals surface area contributed by atoms with Gasteiger partial charge in [-0.15, -0.1) is 11.3 Å². The number of rotatable bonds is 3. The SMILES string of the molecule is CC1(C)CN(S(=O)(=O)c2ccc(C(N)=S)s2)CCO1. The van der Waals surface area contributed by atoms with Crippen LogP contribution in [-0.2, 0) is 14.8 Å². The largest absolute Gasteiger partial charge is 0.389 e. The van der Waals surface area contributed by atoms with E-state index in [1.54, 1.807) is 12.1 Å². The molecule has 1 fully saturated rings. The Kier molecular flexibility index (Phi) is 3.99. The van der Waals surface area contributed by atoms with Gasteiger partial charge in [-0.3, -0.25) is 0 Å². The van der Waals surface area contributed by atoms with E-state index in [0.29, 0.717) is 24.6 Å². The Labute approximate surface area is 122 Å². The molecule has 0 unspecified atom stereocenters. The molecule has 5 nitrogen and oxygen atoms in total. The maximum Gasteiger partial charge on any atom is 0.252 e. The third-order valence-corrected chi connectivity index (χ3v) is 6.59. The lowest BCUT2D eigenvalue weighted by Crippen LogP contribution is -2.50. The zero-order valence-corrected chi connectivity index (χ0v) is 13.2. The highest BCUT2D eigenvalue weighted by Crippen LogP contribution is 2.28. The Hall–Kier alpha value is -0.540. The third-order valence-electron chi connectivity index (χ3n) is 2.81. The van der Waals surface area contributed by atoms with Gasteiger partial charge in [0.2, 0.25) is 0 Å². The van der Waals surface area contributed by atoms with E-state index in [1.165, 1.54) is 4.31 Å². The summed E-state index contributed by atoms with van der Waals surface area (Å²) < 4.78 is 32.3. The molecule has 8 heteroatoms. The normalized spacial score (nSPS) is 20.3. The smallest absolute Gasteiger partial charge is 0.252 e. The minimum absolute atomic E-state index is 0.216. The molecule has 2 N–H and O–H groups in total. The number of hydrogen-bond donors (Lipinski definition) is 1. The number of hydrogen-bond acceptors (Lipinski definition) is 5. The lowest BCUT2D eigenvalue weighted by atomic mass is 10.1. The fraction of sp³-hybridized carbons (Fsp3) is 0.545. The highest BCUT2D eigenvalue weighted by Gasteiger charge is 2.35. The van der Waals surface area contributed by atoms with E-state index in [1.807, 2.05) is 13.8 Å². The Morgan fingerprint density at radius 2 is 2.21 bits per heavy atom. The summed E-state index contributed by atoms with van der Waals surface area (Å²) in [6.45, 7) is 4.87. The van der Waals surface area contributed by atoms with Gasteiger partial charge in [0.25, 0.3) is 10.0 Å². The molecule has 0 spiro atoms. The zero-order valence-electron chi connectivity index (χ0n) is 10.8. The quantitative estimate of drug-likeness (QED) is 0.847. The van der Waals surface area contributed by atoms with E-state index >= 15 is 0 Å². The van der Waals surface area contributed by atoms with Gasteiger partial charge < -0.3 is 10.5 Å². The highest BCUT2D eigenvalue weighted by atomic mass is 32.2.